The third-order valence-electron chi connectivity index (χ3n) is 17.6. The fraction of sp³-hybridized carbons (Fsp3) is 0.946. The highest BCUT2D eigenvalue weighted by Crippen LogP contribution is 2.45. The summed E-state index contributed by atoms with van der Waals surface area (Å²) < 4.78 is 68.4. The summed E-state index contributed by atoms with van der Waals surface area (Å²) >= 11 is 0. The Hall–Kier alpha value is -1.94. The first-order valence-corrected chi connectivity index (χ1v) is 41.5. The van der Waals surface area contributed by atoms with Crippen LogP contribution in [0.25, 0.3) is 0 Å². The first kappa shape index (κ1) is 91.1. The van der Waals surface area contributed by atoms with Gasteiger partial charge in [-0.1, -0.05) is 330 Å². The monoisotopic (exact) mass is 1370 g/mol. The lowest BCUT2D eigenvalue weighted by Gasteiger charge is -2.21. The van der Waals surface area contributed by atoms with Gasteiger partial charge in [0.2, 0.25) is 0 Å². The predicted molar refractivity (Wildman–Crippen MR) is 377 cm³/mol. The van der Waals surface area contributed by atoms with Crippen LogP contribution in [0.1, 0.15) is 382 Å². The SMILES string of the molecule is CCCCCCCCCCCCCCCCCCCCC(=O)O[C@H](COC(=O)CCCCCCCCCCCCC(C)CC)COP(=O)(O)OC[C@@H](O)COP(=O)(O)OC[C@@H](COC(=O)CCCCCCCCC(C)C)OC(=O)CCCCCCCCCCCCCC. The summed E-state index contributed by atoms with van der Waals surface area (Å²) in [5, 5.41) is 10.6. The average Bonchev–Trinajstić information content (AvgIpc) is 3.74. The number of unbranched alkanes of at least 4 members (excludes halogenated alkanes) is 42. The topological polar surface area (TPSA) is 237 Å². The van der Waals surface area contributed by atoms with Crippen molar-refractivity contribution < 1.29 is 80.2 Å². The van der Waals surface area contributed by atoms with Crippen molar-refractivity contribution in [3.8, 4) is 0 Å². The third kappa shape index (κ3) is 67.0. The van der Waals surface area contributed by atoms with Gasteiger partial charge >= 0.3 is 39.5 Å². The van der Waals surface area contributed by atoms with Gasteiger partial charge in [0.1, 0.15) is 19.3 Å². The highest BCUT2D eigenvalue weighted by Gasteiger charge is 2.30. The summed E-state index contributed by atoms with van der Waals surface area (Å²) in [6.45, 7) is 9.53. The van der Waals surface area contributed by atoms with Crippen molar-refractivity contribution in [2.24, 2.45) is 11.8 Å². The smallest absolute Gasteiger partial charge is 0.462 e. The van der Waals surface area contributed by atoms with E-state index in [1.54, 1.807) is 0 Å². The highest BCUT2D eigenvalue weighted by molar-refractivity contribution is 7.47. The second kappa shape index (κ2) is 66.0. The van der Waals surface area contributed by atoms with E-state index in [1.165, 1.54) is 193 Å². The fourth-order valence-electron chi connectivity index (χ4n) is 11.3. The number of aliphatic hydroxyl groups excluding tert-OH is 1. The molecule has 0 spiro atoms. The molecule has 17 nitrogen and oxygen atoms in total. The maximum Gasteiger partial charge on any atom is 0.472 e. The Bertz CT molecular complexity index is 1810. The van der Waals surface area contributed by atoms with Gasteiger partial charge < -0.3 is 33.8 Å². The van der Waals surface area contributed by atoms with Gasteiger partial charge in [-0.3, -0.25) is 37.3 Å². The van der Waals surface area contributed by atoms with Gasteiger partial charge in [0.05, 0.1) is 26.4 Å². The van der Waals surface area contributed by atoms with E-state index in [9.17, 15) is 43.2 Å². The molecule has 0 saturated carbocycles. The van der Waals surface area contributed by atoms with E-state index in [0.717, 1.165) is 102 Å². The lowest BCUT2D eigenvalue weighted by molar-refractivity contribution is -0.161. The predicted octanol–water partition coefficient (Wildman–Crippen LogP) is 21.6. The third-order valence-corrected chi connectivity index (χ3v) is 19.5. The van der Waals surface area contributed by atoms with Gasteiger partial charge in [-0.25, -0.2) is 9.13 Å². The summed E-state index contributed by atoms with van der Waals surface area (Å²) in [5.41, 5.74) is 0. The van der Waals surface area contributed by atoms with E-state index in [4.69, 9.17) is 37.0 Å². The molecule has 0 saturated heterocycles. The molecule has 0 fully saturated rings. The minimum absolute atomic E-state index is 0.106. The maximum absolute atomic E-state index is 13.1. The molecule has 0 aliphatic rings. The van der Waals surface area contributed by atoms with Crippen LogP contribution in [0.15, 0.2) is 0 Å². The van der Waals surface area contributed by atoms with Crippen LogP contribution in [0.5, 0.6) is 0 Å². The minimum Gasteiger partial charge on any atom is -0.462 e. The van der Waals surface area contributed by atoms with Crippen molar-refractivity contribution in [1.82, 2.24) is 0 Å². The molecule has 0 aromatic carbocycles. The van der Waals surface area contributed by atoms with Crippen molar-refractivity contribution in [3.63, 3.8) is 0 Å². The quantitative estimate of drug-likeness (QED) is 0.0222. The average molecular weight is 1370 g/mol. The Morgan fingerprint density at radius 3 is 0.817 bits per heavy atom. The van der Waals surface area contributed by atoms with E-state index in [-0.39, 0.29) is 25.7 Å². The molecule has 6 atom stereocenters. The number of aliphatic hydroxyl groups is 1. The second-order valence-electron chi connectivity index (χ2n) is 27.4. The first-order chi connectivity index (χ1) is 44.9. The molecule has 0 heterocycles. The zero-order chi connectivity index (χ0) is 68.6. The molecule has 0 bridgehead atoms. The van der Waals surface area contributed by atoms with Gasteiger partial charge in [-0.05, 0) is 37.5 Å². The van der Waals surface area contributed by atoms with Crippen LogP contribution >= 0.6 is 15.6 Å². The van der Waals surface area contributed by atoms with E-state index < -0.39 is 97.5 Å². The lowest BCUT2D eigenvalue weighted by Crippen LogP contribution is -2.30. The highest BCUT2D eigenvalue weighted by atomic mass is 31.2. The van der Waals surface area contributed by atoms with Gasteiger partial charge in [-0.15, -0.1) is 0 Å². The van der Waals surface area contributed by atoms with Crippen LogP contribution < -0.4 is 0 Å². The molecular formula is C74H144O17P2. The van der Waals surface area contributed by atoms with Gasteiger partial charge in [0, 0.05) is 25.7 Å². The zero-order valence-corrected chi connectivity index (χ0v) is 62.3. The number of esters is 4. The summed E-state index contributed by atoms with van der Waals surface area (Å²) in [6, 6.07) is 0. The van der Waals surface area contributed by atoms with E-state index in [0.29, 0.717) is 31.6 Å². The molecule has 0 amide bonds. The first-order valence-electron chi connectivity index (χ1n) is 38.5. The zero-order valence-electron chi connectivity index (χ0n) is 60.6. The molecule has 93 heavy (non-hydrogen) atoms. The van der Waals surface area contributed by atoms with Crippen molar-refractivity contribution in [2.75, 3.05) is 39.6 Å². The van der Waals surface area contributed by atoms with E-state index in [1.807, 2.05) is 0 Å². The van der Waals surface area contributed by atoms with Crippen LogP contribution in [-0.2, 0) is 65.4 Å². The second-order valence-corrected chi connectivity index (χ2v) is 30.3. The van der Waals surface area contributed by atoms with Crippen molar-refractivity contribution in [2.45, 2.75) is 400 Å². The molecule has 0 rings (SSSR count). The molecule has 0 aliphatic heterocycles. The molecule has 552 valence electrons. The summed E-state index contributed by atoms with van der Waals surface area (Å²) in [6.07, 6.45) is 52.8. The number of rotatable bonds is 73. The van der Waals surface area contributed by atoms with Gasteiger partial charge in [0.15, 0.2) is 12.2 Å². The van der Waals surface area contributed by atoms with Crippen LogP contribution in [0.2, 0.25) is 0 Å². The number of hydrogen-bond donors (Lipinski definition) is 3. The molecule has 0 radical (unpaired) electrons. The minimum atomic E-state index is -4.96. The number of carbonyl (C=O) groups excluding carboxylic acids is 4. The van der Waals surface area contributed by atoms with E-state index in [2.05, 4.69) is 41.5 Å². The Morgan fingerprint density at radius 2 is 0.548 bits per heavy atom. The van der Waals surface area contributed by atoms with Crippen LogP contribution in [0, 0.1) is 11.8 Å². The lowest BCUT2D eigenvalue weighted by atomic mass is 9.99. The van der Waals surface area contributed by atoms with E-state index >= 15 is 0 Å². The van der Waals surface area contributed by atoms with Crippen LogP contribution in [-0.4, -0.2) is 96.7 Å². The molecule has 3 unspecified atom stereocenters. The Kier molecular flexibility index (Phi) is 64.6. The maximum atomic E-state index is 13.1. The summed E-state index contributed by atoms with van der Waals surface area (Å²) in [7, 11) is -9.91. The van der Waals surface area contributed by atoms with Gasteiger partial charge in [0.25, 0.3) is 0 Å². The largest absolute Gasteiger partial charge is 0.472 e. The number of hydrogen-bond acceptors (Lipinski definition) is 15. The summed E-state index contributed by atoms with van der Waals surface area (Å²) in [5.74, 6) is -0.630. The van der Waals surface area contributed by atoms with Gasteiger partial charge in [-0.2, -0.15) is 0 Å². The Labute approximate surface area is 568 Å². The fourth-order valence-corrected chi connectivity index (χ4v) is 12.8. The molecule has 0 aromatic rings. The number of phosphoric ester groups is 2. The Balaban J connectivity index is 5.23. The number of phosphoric acid groups is 2. The van der Waals surface area contributed by atoms with Crippen LogP contribution in [0.4, 0.5) is 0 Å². The van der Waals surface area contributed by atoms with Crippen molar-refractivity contribution >= 4 is 39.5 Å². The molecule has 19 heteroatoms. The van der Waals surface area contributed by atoms with Crippen LogP contribution in [0.3, 0.4) is 0 Å². The summed E-state index contributed by atoms with van der Waals surface area (Å²) in [4.78, 5) is 72.7. The molecule has 0 aromatic heterocycles. The number of carbonyl (C=O) groups is 4. The van der Waals surface area contributed by atoms with Crippen molar-refractivity contribution in [3.05, 3.63) is 0 Å². The molecule has 3 N–H and O–H groups in total. The Morgan fingerprint density at radius 1 is 0.312 bits per heavy atom. The molecule has 0 aliphatic carbocycles. The normalized spacial score (nSPS) is 14.3. The standard InChI is InChI=1S/C74H144O17P2/c1-7-10-12-14-16-18-20-22-23-24-25-26-27-29-35-39-47-53-59-74(79)90-69(62-84-71(76)56-50-44-37-33-31-30-32-36-43-49-55-67(6)9-3)64-88-92(80,81)86-60-68(75)61-87-93(82,83)89-65-70(63-85-72(77)57-51-45-41-40-42-48-54-66(4)5)91-73(78)58-52-46-38-34-28-21-19-17-15-13-11-8-2/h66-70,75H,7-65H2,1-6H3,(H,80,81)(H,82,83)/t67?,68-,69-,70-/m1/s1. The van der Waals surface area contributed by atoms with Crippen molar-refractivity contribution in [1.29, 1.82) is 0 Å². The molecular weight excluding hydrogens is 1220 g/mol. The number of ether oxygens (including phenoxy) is 4.